The maximum atomic E-state index is 6.67. The van der Waals surface area contributed by atoms with Gasteiger partial charge >= 0.3 is 0 Å². The van der Waals surface area contributed by atoms with E-state index in [1.807, 2.05) is 6.20 Å². The van der Waals surface area contributed by atoms with Gasteiger partial charge in [-0.1, -0.05) is 19.9 Å². The van der Waals surface area contributed by atoms with Gasteiger partial charge in [0.25, 0.3) is 0 Å². The minimum absolute atomic E-state index is 0.586. The molecule has 0 spiro atoms. The number of hydrogen-bond donors (Lipinski definition) is 2. The van der Waals surface area contributed by atoms with Crippen LogP contribution in [0.15, 0.2) is 12.3 Å². The number of nitrogens with one attached hydrogen (secondary N) is 2. The summed E-state index contributed by atoms with van der Waals surface area (Å²) < 4.78 is 0. The Balaban J connectivity index is 3.14. The first-order valence-corrected chi connectivity index (χ1v) is 3.16. The van der Waals surface area contributed by atoms with Crippen molar-refractivity contribution in [3.63, 3.8) is 0 Å². The van der Waals surface area contributed by atoms with E-state index in [0.29, 0.717) is 12.5 Å². The van der Waals surface area contributed by atoms with E-state index in [4.69, 9.17) is 5.41 Å². The Morgan fingerprint density at radius 3 is 2.67 bits per heavy atom. The summed E-state index contributed by atoms with van der Waals surface area (Å²) in [6.07, 6.45) is 5.28. The van der Waals surface area contributed by atoms with Gasteiger partial charge in [0.15, 0.2) is 0 Å². The Morgan fingerprint density at radius 2 is 2.22 bits per heavy atom. The third kappa shape index (κ3) is 7.21. The topological polar surface area (TPSA) is 35.9 Å². The predicted octanol–water partition coefficient (Wildman–Crippen LogP) is 1.40. The zero-order valence-electron chi connectivity index (χ0n) is 6.02. The molecule has 0 aliphatic heterocycles. The lowest BCUT2D eigenvalue weighted by Gasteiger charge is -1.94. The minimum Gasteiger partial charge on any atom is -0.386 e. The van der Waals surface area contributed by atoms with Crippen molar-refractivity contribution in [2.75, 3.05) is 6.54 Å². The maximum absolute atomic E-state index is 6.67. The van der Waals surface area contributed by atoms with Crippen LogP contribution in [0.3, 0.4) is 0 Å². The summed E-state index contributed by atoms with van der Waals surface area (Å²) in [4.78, 5) is 0. The van der Waals surface area contributed by atoms with Crippen molar-refractivity contribution in [1.82, 2.24) is 5.32 Å². The van der Waals surface area contributed by atoms with Crippen LogP contribution < -0.4 is 5.32 Å². The molecule has 0 amide bonds. The van der Waals surface area contributed by atoms with Crippen molar-refractivity contribution >= 4 is 6.21 Å². The second-order valence-corrected chi connectivity index (χ2v) is 2.22. The summed E-state index contributed by atoms with van der Waals surface area (Å²) in [5, 5.41) is 9.61. The third-order valence-electron chi connectivity index (χ3n) is 0.819. The van der Waals surface area contributed by atoms with Gasteiger partial charge in [-0.25, -0.2) is 0 Å². The molecule has 0 bridgehead atoms. The fraction of sp³-hybridized carbons (Fsp3) is 0.571. The normalized spacial score (nSPS) is 10.6. The molecule has 0 saturated carbocycles. The van der Waals surface area contributed by atoms with E-state index in [0.717, 1.165) is 0 Å². The van der Waals surface area contributed by atoms with E-state index in [1.54, 1.807) is 0 Å². The average molecular weight is 126 g/mol. The molecule has 0 rings (SSSR count). The van der Waals surface area contributed by atoms with E-state index in [-0.39, 0.29) is 0 Å². The molecule has 0 aromatic heterocycles. The van der Waals surface area contributed by atoms with Crippen LogP contribution in [0.4, 0.5) is 0 Å². The number of allylic oxidation sites excluding steroid dienone is 1. The van der Waals surface area contributed by atoms with Crippen molar-refractivity contribution < 1.29 is 0 Å². The highest BCUT2D eigenvalue weighted by Gasteiger charge is 1.79. The van der Waals surface area contributed by atoms with Crippen LogP contribution in [0.5, 0.6) is 0 Å². The van der Waals surface area contributed by atoms with Gasteiger partial charge in [0.1, 0.15) is 0 Å². The van der Waals surface area contributed by atoms with E-state index in [1.165, 1.54) is 6.21 Å². The standard InChI is InChI=1S/C7H14N2/c1-7(2)3-5-9-6-4-8/h3-5,7-9H,6H2,1-2H3/b5-3-,8-4?. The van der Waals surface area contributed by atoms with Gasteiger partial charge < -0.3 is 10.7 Å². The smallest absolute Gasteiger partial charge is 0.0491 e. The zero-order valence-corrected chi connectivity index (χ0v) is 6.02. The highest BCUT2D eigenvalue weighted by Crippen LogP contribution is 1.90. The Morgan fingerprint density at radius 1 is 1.56 bits per heavy atom. The van der Waals surface area contributed by atoms with Gasteiger partial charge in [-0.2, -0.15) is 0 Å². The van der Waals surface area contributed by atoms with E-state index < -0.39 is 0 Å². The molecule has 0 saturated heterocycles. The fourth-order valence-corrected chi connectivity index (χ4v) is 0.387. The molecule has 0 aromatic rings. The zero-order chi connectivity index (χ0) is 7.11. The van der Waals surface area contributed by atoms with Crippen LogP contribution in [0.1, 0.15) is 13.8 Å². The van der Waals surface area contributed by atoms with Gasteiger partial charge in [-0.05, 0) is 12.1 Å². The number of rotatable bonds is 4. The molecule has 9 heavy (non-hydrogen) atoms. The molecule has 0 aromatic carbocycles. The molecule has 2 nitrogen and oxygen atoms in total. The summed E-state index contributed by atoms with van der Waals surface area (Å²) in [5.74, 6) is 0.586. The molecule has 0 radical (unpaired) electrons. The van der Waals surface area contributed by atoms with Gasteiger partial charge in [0, 0.05) is 12.8 Å². The summed E-state index contributed by atoms with van der Waals surface area (Å²) in [7, 11) is 0. The Hall–Kier alpha value is -0.790. The molecule has 2 N–H and O–H groups in total. The summed E-state index contributed by atoms with van der Waals surface area (Å²) in [6.45, 7) is 4.86. The summed E-state index contributed by atoms with van der Waals surface area (Å²) >= 11 is 0. The minimum atomic E-state index is 0.586. The summed E-state index contributed by atoms with van der Waals surface area (Å²) in [6, 6.07) is 0. The quantitative estimate of drug-likeness (QED) is 0.433. The van der Waals surface area contributed by atoms with E-state index in [2.05, 4.69) is 25.2 Å². The molecule has 0 unspecified atom stereocenters. The molecular formula is C7H14N2. The van der Waals surface area contributed by atoms with E-state index >= 15 is 0 Å². The molecule has 0 aliphatic rings. The SMILES string of the molecule is CC(C)/C=C\NCC=N. The molecule has 0 heterocycles. The molecule has 0 aliphatic carbocycles. The van der Waals surface area contributed by atoms with Gasteiger partial charge in [-0.3, -0.25) is 0 Å². The Kier molecular flexibility index (Phi) is 4.88. The largest absolute Gasteiger partial charge is 0.386 e. The highest BCUT2D eigenvalue weighted by molar-refractivity contribution is 5.55. The van der Waals surface area contributed by atoms with Crippen molar-refractivity contribution in [2.24, 2.45) is 5.92 Å². The summed E-state index contributed by atoms with van der Waals surface area (Å²) in [5.41, 5.74) is 0. The first kappa shape index (κ1) is 8.21. The lowest BCUT2D eigenvalue weighted by molar-refractivity contribution is 0.818. The maximum Gasteiger partial charge on any atom is 0.0491 e. The van der Waals surface area contributed by atoms with Crippen molar-refractivity contribution in [2.45, 2.75) is 13.8 Å². The van der Waals surface area contributed by atoms with Crippen LogP contribution in [-0.4, -0.2) is 12.8 Å². The Bertz CT molecular complexity index is 95.1. The van der Waals surface area contributed by atoms with E-state index in [9.17, 15) is 0 Å². The molecule has 52 valence electrons. The molecular weight excluding hydrogens is 112 g/mol. The van der Waals surface area contributed by atoms with Crippen LogP contribution in [0.25, 0.3) is 0 Å². The molecule has 0 atom stereocenters. The molecule has 2 heteroatoms. The number of hydrogen-bond acceptors (Lipinski definition) is 2. The van der Waals surface area contributed by atoms with Gasteiger partial charge in [0.2, 0.25) is 0 Å². The Labute approximate surface area is 56.5 Å². The van der Waals surface area contributed by atoms with Crippen LogP contribution in [-0.2, 0) is 0 Å². The lowest BCUT2D eigenvalue weighted by Crippen LogP contribution is -2.07. The predicted molar refractivity (Wildman–Crippen MR) is 40.8 cm³/mol. The second-order valence-electron chi connectivity index (χ2n) is 2.22. The first-order valence-electron chi connectivity index (χ1n) is 3.16. The monoisotopic (exact) mass is 126 g/mol. The fourth-order valence-electron chi connectivity index (χ4n) is 0.387. The lowest BCUT2D eigenvalue weighted by atomic mass is 10.2. The van der Waals surface area contributed by atoms with Crippen LogP contribution >= 0.6 is 0 Å². The third-order valence-corrected chi connectivity index (χ3v) is 0.819. The first-order chi connectivity index (χ1) is 4.27. The van der Waals surface area contributed by atoms with Crippen LogP contribution in [0, 0.1) is 11.3 Å². The average Bonchev–Trinajstić information content (AvgIpc) is 1.80. The van der Waals surface area contributed by atoms with Gasteiger partial charge in [0.05, 0.1) is 0 Å². The van der Waals surface area contributed by atoms with Crippen LogP contribution in [0.2, 0.25) is 0 Å². The van der Waals surface area contributed by atoms with Crippen molar-refractivity contribution in [1.29, 1.82) is 5.41 Å². The second kappa shape index (κ2) is 5.35. The highest BCUT2D eigenvalue weighted by atomic mass is 14.8. The van der Waals surface area contributed by atoms with Crippen molar-refractivity contribution in [3.8, 4) is 0 Å². The van der Waals surface area contributed by atoms with Crippen molar-refractivity contribution in [3.05, 3.63) is 12.3 Å². The van der Waals surface area contributed by atoms with Gasteiger partial charge in [-0.15, -0.1) is 0 Å². The molecule has 0 fully saturated rings.